The van der Waals surface area contributed by atoms with Gasteiger partial charge in [0.2, 0.25) is 0 Å². The first-order valence-corrected chi connectivity index (χ1v) is 25.7. The number of esters is 1. The molecule has 5 rings (SSSR count). The van der Waals surface area contributed by atoms with Crippen LogP contribution in [0.1, 0.15) is 53.4 Å². The van der Waals surface area contributed by atoms with Gasteiger partial charge in [0.1, 0.15) is 13.5 Å². The molecule has 0 radical (unpaired) electrons. The number of benzene rings is 1. The monoisotopic (exact) mass is 769 g/mol. The molecule has 1 aromatic carbocycles. The topological polar surface area (TPSA) is 91.1 Å². The molecule has 266 valence electrons. The van der Waals surface area contributed by atoms with Gasteiger partial charge in [0.05, 0.1) is 28.5 Å². The smallest absolute Gasteiger partial charge is 0.306 e. The van der Waals surface area contributed by atoms with E-state index >= 15 is 0 Å². The molecule has 3 heterocycles. The molecule has 12 heteroatoms. The molecule has 0 amide bonds. The fourth-order valence-electron chi connectivity index (χ4n) is 5.96. The third-order valence-corrected chi connectivity index (χ3v) is 13.1. The highest BCUT2D eigenvalue weighted by Gasteiger charge is 2.31. The highest BCUT2D eigenvalue weighted by molar-refractivity contribution is 9.10. The number of hydrogen-bond acceptors (Lipinski definition) is 8. The van der Waals surface area contributed by atoms with Crippen LogP contribution >= 0.6 is 15.9 Å². The van der Waals surface area contributed by atoms with Gasteiger partial charge in [-0.05, 0) is 78.7 Å². The average molecular weight is 771 g/mol. The molecule has 1 atom stereocenters. The molecule has 0 N–H and O–H groups in total. The number of pyridine rings is 1. The highest BCUT2D eigenvalue weighted by Crippen LogP contribution is 2.43. The van der Waals surface area contributed by atoms with Crippen molar-refractivity contribution in [3.05, 3.63) is 52.9 Å². The van der Waals surface area contributed by atoms with Crippen LogP contribution < -0.4 is 4.90 Å². The number of carbonyl (C=O) groups excluding carboxylic acids is 1. The lowest BCUT2D eigenvalue weighted by atomic mass is 9.79. The van der Waals surface area contributed by atoms with Crippen molar-refractivity contribution in [1.29, 1.82) is 0 Å². The quantitative estimate of drug-likeness (QED) is 0.0482. The van der Waals surface area contributed by atoms with Crippen LogP contribution in [-0.2, 0) is 19.0 Å². The van der Waals surface area contributed by atoms with E-state index in [4.69, 9.17) is 32.0 Å². The maximum Gasteiger partial charge on any atom is 0.306 e. The zero-order valence-corrected chi connectivity index (χ0v) is 33.8. The Labute approximate surface area is 305 Å². The van der Waals surface area contributed by atoms with Gasteiger partial charge in [0, 0.05) is 67.1 Å². The summed E-state index contributed by atoms with van der Waals surface area (Å²) in [6.07, 6.45) is 4.49. The van der Waals surface area contributed by atoms with Gasteiger partial charge in [-0.1, -0.05) is 57.5 Å². The molecule has 9 nitrogen and oxygen atoms in total. The number of para-hydroxylation sites is 1. The van der Waals surface area contributed by atoms with Crippen LogP contribution in [0.5, 0.6) is 0 Å². The Morgan fingerprint density at radius 3 is 2.31 bits per heavy atom. The van der Waals surface area contributed by atoms with E-state index in [0.717, 1.165) is 50.1 Å². The minimum atomic E-state index is -1.30. The average Bonchev–Trinajstić information content (AvgIpc) is 3.50. The SMILES string of the molecule is [2H]C(C(=O)OCC)C1([2H])CCC(c2nc3c(-c4cnc5ccccc5c4)cnn3c(N(COCC[Si](C)(C)C)COCC[Si](C)(C)C)c2Br)CC1. The van der Waals surface area contributed by atoms with Crippen molar-refractivity contribution in [3.8, 4) is 11.1 Å². The lowest BCUT2D eigenvalue weighted by molar-refractivity contribution is -0.144. The van der Waals surface area contributed by atoms with E-state index in [1.807, 2.05) is 35.1 Å². The Morgan fingerprint density at radius 2 is 1.67 bits per heavy atom. The Hall–Kier alpha value is -2.65. The van der Waals surface area contributed by atoms with Crippen LogP contribution in [0, 0.1) is 5.89 Å². The number of carbonyl (C=O) groups is 1. The first-order chi connectivity index (χ1) is 24.1. The van der Waals surface area contributed by atoms with Crippen LogP contribution in [0.4, 0.5) is 5.82 Å². The first-order valence-electron chi connectivity index (χ1n) is 18.6. The summed E-state index contributed by atoms with van der Waals surface area (Å²) in [4.78, 5) is 24.6. The van der Waals surface area contributed by atoms with Crippen molar-refractivity contribution >= 4 is 60.4 Å². The summed E-state index contributed by atoms with van der Waals surface area (Å²) in [7, 11) is -2.61. The molecule has 0 saturated heterocycles. The number of fused-ring (bicyclic) bond motifs is 2. The van der Waals surface area contributed by atoms with E-state index in [-0.39, 0.29) is 12.5 Å². The second kappa shape index (κ2) is 16.6. The van der Waals surface area contributed by atoms with E-state index in [1.54, 1.807) is 6.92 Å². The Bertz CT molecular complexity index is 1790. The lowest BCUT2D eigenvalue weighted by Gasteiger charge is -2.31. The van der Waals surface area contributed by atoms with Crippen LogP contribution in [0.25, 0.3) is 27.7 Å². The summed E-state index contributed by atoms with van der Waals surface area (Å²) in [5, 5.41) is 5.95. The Morgan fingerprint density at radius 1 is 1.02 bits per heavy atom. The lowest BCUT2D eigenvalue weighted by Crippen LogP contribution is -2.34. The predicted molar refractivity (Wildman–Crippen MR) is 208 cm³/mol. The molecule has 0 aliphatic heterocycles. The largest absolute Gasteiger partial charge is 0.466 e. The van der Waals surface area contributed by atoms with Gasteiger partial charge in [0.25, 0.3) is 0 Å². The van der Waals surface area contributed by atoms with Gasteiger partial charge in [0.15, 0.2) is 11.5 Å². The molecule has 0 spiro atoms. The molecule has 1 aliphatic carbocycles. The van der Waals surface area contributed by atoms with Gasteiger partial charge in [-0.25, -0.2) is 4.98 Å². The standard InChI is InChI=1S/C37H54BrN5O4Si2/c1-8-47-33(44)21-27-13-15-28(16-14-27)35-34(38)37(42(25-45-17-19-48(2,3)4)26-46-18-20-49(5,6)7)43-36(41-35)31(24-40-43)30-22-29-11-9-10-12-32(29)39-23-30/h9-12,22-24,27-28H,8,13-21,25-26H2,1-7H3/i21D,27D. The predicted octanol–water partition coefficient (Wildman–Crippen LogP) is 9.37. The molecule has 1 saturated carbocycles. The molecular weight excluding hydrogens is 715 g/mol. The van der Waals surface area contributed by atoms with Gasteiger partial charge in [-0.2, -0.15) is 9.61 Å². The maximum atomic E-state index is 12.5. The Kier molecular flexibility index (Phi) is 11.8. The van der Waals surface area contributed by atoms with Crippen LogP contribution in [0.2, 0.25) is 51.4 Å². The number of rotatable bonds is 16. The van der Waals surface area contributed by atoms with Gasteiger partial charge >= 0.3 is 5.97 Å². The fourth-order valence-corrected chi connectivity index (χ4v) is 8.31. The number of ether oxygens (including phenoxy) is 3. The molecule has 1 aliphatic rings. The second-order valence-corrected chi connectivity index (χ2v) is 27.4. The van der Waals surface area contributed by atoms with Crippen molar-refractivity contribution in [2.24, 2.45) is 5.89 Å². The molecule has 4 aromatic rings. The molecular formula is C37H54BrN5O4Si2. The minimum absolute atomic E-state index is 0.00376. The summed E-state index contributed by atoms with van der Waals surface area (Å²) in [5.74, 6) is -1.04. The van der Waals surface area contributed by atoms with Crippen LogP contribution in [-0.4, -0.2) is 75.0 Å². The summed E-state index contributed by atoms with van der Waals surface area (Å²) in [6.45, 7) is 18.0. The van der Waals surface area contributed by atoms with E-state index in [9.17, 15) is 4.79 Å². The summed E-state index contributed by atoms with van der Waals surface area (Å²) in [5.41, 5.74) is 4.26. The first kappa shape index (κ1) is 34.8. The summed E-state index contributed by atoms with van der Waals surface area (Å²) >= 11 is 3.99. The fraction of sp³-hybridized carbons (Fsp3) is 0.568. The van der Waals surface area contributed by atoms with Crippen molar-refractivity contribution < 1.29 is 21.7 Å². The van der Waals surface area contributed by atoms with Gasteiger partial charge in [-0.15, -0.1) is 0 Å². The summed E-state index contributed by atoms with van der Waals surface area (Å²) in [6, 6.07) is 12.3. The van der Waals surface area contributed by atoms with Crippen molar-refractivity contribution in [2.45, 2.75) is 96.3 Å². The second-order valence-electron chi connectivity index (χ2n) is 15.4. The minimum Gasteiger partial charge on any atom is -0.466 e. The van der Waals surface area contributed by atoms with Crippen molar-refractivity contribution in [2.75, 3.05) is 38.2 Å². The van der Waals surface area contributed by atoms with E-state index in [0.29, 0.717) is 58.0 Å². The zero-order chi connectivity index (χ0) is 37.0. The normalized spacial score (nSPS) is 19.9. The van der Waals surface area contributed by atoms with Crippen LogP contribution in [0.3, 0.4) is 0 Å². The number of anilines is 1. The third kappa shape index (κ3) is 10.2. The van der Waals surface area contributed by atoms with E-state index < -0.39 is 34.4 Å². The van der Waals surface area contributed by atoms with Crippen molar-refractivity contribution in [3.63, 3.8) is 0 Å². The Balaban J connectivity index is 1.56. The van der Waals surface area contributed by atoms with E-state index in [1.165, 1.54) is 0 Å². The van der Waals surface area contributed by atoms with Gasteiger partial charge in [-0.3, -0.25) is 9.78 Å². The molecule has 3 aromatic heterocycles. The van der Waals surface area contributed by atoms with Crippen molar-refractivity contribution in [1.82, 2.24) is 19.6 Å². The van der Waals surface area contributed by atoms with E-state index in [2.05, 4.69) is 72.2 Å². The molecule has 1 fully saturated rings. The maximum absolute atomic E-state index is 12.5. The van der Waals surface area contributed by atoms with Crippen LogP contribution in [0.15, 0.2) is 47.2 Å². The highest BCUT2D eigenvalue weighted by atomic mass is 79.9. The number of aromatic nitrogens is 4. The molecule has 1 unspecified atom stereocenters. The number of nitrogens with zero attached hydrogens (tertiary/aromatic N) is 5. The number of hydrogen-bond donors (Lipinski definition) is 0. The molecule has 49 heavy (non-hydrogen) atoms. The summed E-state index contributed by atoms with van der Waals surface area (Å²) < 4.78 is 38.1. The number of halogens is 1. The molecule has 0 bridgehead atoms. The zero-order valence-electron chi connectivity index (χ0n) is 32.2. The van der Waals surface area contributed by atoms with Gasteiger partial charge < -0.3 is 19.1 Å². The third-order valence-electron chi connectivity index (χ3n) is 8.90.